The first-order valence-corrected chi connectivity index (χ1v) is 5.18. The summed E-state index contributed by atoms with van der Waals surface area (Å²) < 4.78 is 0. The Bertz CT molecular complexity index is 452. The third-order valence-electron chi connectivity index (χ3n) is 2.33. The Morgan fingerprint density at radius 3 is 2.56 bits per heavy atom. The summed E-state index contributed by atoms with van der Waals surface area (Å²) in [4.78, 5) is 10.3. The minimum Gasteiger partial charge on any atom is -0.258 e. The normalized spacial score (nSPS) is 12.2. The Balaban J connectivity index is 3.35. The van der Waals surface area contributed by atoms with Crippen molar-refractivity contribution in [2.24, 2.45) is 5.92 Å². The van der Waals surface area contributed by atoms with E-state index in [4.69, 9.17) is 16.9 Å². The lowest BCUT2D eigenvalue weighted by molar-refractivity contribution is -0.385. The van der Waals surface area contributed by atoms with Gasteiger partial charge in [0, 0.05) is 16.7 Å². The minimum absolute atomic E-state index is 0.00201. The SMILES string of the molecule is CC(C)C(C#N)c1cc(Cl)ccc1[N+](=O)[O-]. The van der Waals surface area contributed by atoms with Crippen molar-refractivity contribution < 1.29 is 4.92 Å². The van der Waals surface area contributed by atoms with Gasteiger partial charge in [0.15, 0.2) is 0 Å². The smallest absolute Gasteiger partial charge is 0.258 e. The van der Waals surface area contributed by atoms with E-state index < -0.39 is 10.8 Å². The summed E-state index contributed by atoms with van der Waals surface area (Å²) in [7, 11) is 0. The van der Waals surface area contributed by atoms with Gasteiger partial charge in [-0.25, -0.2) is 0 Å². The molecule has 0 saturated carbocycles. The van der Waals surface area contributed by atoms with Crippen molar-refractivity contribution in [3.8, 4) is 6.07 Å². The molecule has 0 spiro atoms. The third-order valence-corrected chi connectivity index (χ3v) is 2.56. The molecule has 0 N–H and O–H groups in total. The zero-order valence-corrected chi connectivity index (χ0v) is 9.73. The number of halogens is 1. The molecule has 0 heterocycles. The Labute approximate surface area is 98.6 Å². The molecule has 4 nitrogen and oxygen atoms in total. The van der Waals surface area contributed by atoms with Crippen molar-refractivity contribution in [1.82, 2.24) is 0 Å². The van der Waals surface area contributed by atoms with E-state index in [0.29, 0.717) is 10.6 Å². The van der Waals surface area contributed by atoms with Crippen LogP contribution in [0.4, 0.5) is 5.69 Å². The number of benzene rings is 1. The highest BCUT2D eigenvalue weighted by Crippen LogP contribution is 2.33. The summed E-state index contributed by atoms with van der Waals surface area (Å²) in [5.41, 5.74) is 0.333. The van der Waals surface area contributed by atoms with Crippen molar-refractivity contribution in [3.63, 3.8) is 0 Å². The molecule has 0 radical (unpaired) electrons. The number of hydrogen-bond acceptors (Lipinski definition) is 3. The van der Waals surface area contributed by atoms with Gasteiger partial charge in [-0.05, 0) is 18.1 Å². The maximum atomic E-state index is 10.8. The van der Waals surface area contributed by atoms with Crippen LogP contribution in [0, 0.1) is 27.4 Å². The van der Waals surface area contributed by atoms with Crippen LogP contribution in [0.3, 0.4) is 0 Å². The lowest BCUT2D eigenvalue weighted by atomic mass is 9.89. The molecule has 1 unspecified atom stereocenters. The topological polar surface area (TPSA) is 66.9 Å². The zero-order chi connectivity index (χ0) is 12.3. The van der Waals surface area contributed by atoms with E-state index in [2.05, 4.69) is 6.07 Å². The van der Waals surface area contributed by atoms with Crippen molar-refractivity contribution in [3.05, 3.63) is 38.9 Å². The van der Waals surface area contributed by atoms with Crippen LogP contribution in [-0.2, 0) is 0 Å². The lowest BCUT2D eigenvalue weighted by Crippen LogP contribution is -2.07. The van der Waals surface area contributed by atoms with Crippen LogP contribution in [-0.4, -0.2) is 4.92 Å². The molecule has 0 bridgehead atoms. The molecule has 16 heavy (non-hydrogen) atoms. The number of rotatable bonds is 3. The molecule has 5 heteroatoms. The average molecular weight is 239 g/mol. The third kappa shape index (κ3) is 2.50. The molecule has 0 aliphatic rings. The van der Waals surface area contributed by atoms with Gasteiger partial charge in [0.2, 0.25) is 0 Å². The van der Waals surface area contributed by atoms with Gasteiger partial charge < -0.3 is 0 Å². The second-order valence-electron chi connectivity index (χ2n) is 3.81. The van der Waals surface area contributed by atoms with Crippen LogP contribution < -0.4 is 0 Å². The van der Waals surface area contributed by atoms with E-state index in [1.807, 2.05) is 13.8 Å². The Kier molecular flexibility index (Phi) is 3.86. The largest absolute Gasteiger partial charge is 0.274 e. The van der Waals surface area contributed by atoms with Gasteiger partial charge in [-0.3, -0.25) is 10.1 Å². The molecule has 0 aliphatic carbocycles. The second-order valence-corrected chi connectivity index (χ2v) is 4.25. The van der Waals surface area contributed by atoms with Crippen LogP contribution in [0.15, 0.2) is 18.2 Å². The van der Waals surface area contributed by atoms with Gasteiger partial charge in [0.1, 0.15) is 0 Å². The number of nitriles is 1. The van der Waals surface area contributed by atoms with Crippen LogP contribution in [0.5, 0.6) is 0 Å². The number of nitro groups is 1. The minimum atomic E-state index is -0.515. The van der Waals surface area contributed by atoms with Gasteiger partial charge in [-0.2, -0.15) is 5.26 Å². The first-order valence-electron chi connectivity index (χ1n) is 4.80. The lowest BCUT2D eigenvalue weighted by Gasteiger charge is -2.13. The van der Waals surface area contributed by atoms with E-state index in [1.165, 1.54) is 18.2 Å². The standard InChI is InChI=1S/C11H11ClN2O2/c1-7(2)10(6-13)9-5-8(12)3-4-11(9)14(15)16/h3-5,7,10H,1-2H3. The van der Waals surface area contributed by atoms with Crippen molar-refractivity contribution in [1.29, 1.82) is 5.26 Å². The molecule has 1 aromatic rings. The number of hydrogen-bond donors (Lipinski definition) is 0. The van der Waals surface area contributed by atoms with Gasteiger partial charge in [0.25, 0.3) is 5.69 Å². The predicted octanol–water partition coefficient (Wildman–Crippen LogP) is 3.51. The Morgan fingerprint density at radius 2 is 2.12 bits per heavy atom. The van der Waals surface area contributed by atoms with Crippen LogP contribution >= 0.6 is 11.6 Å². The quantitative estimate of drug-likeness (QED) is 0.598. The van der Waals surface area contributed by atoms with E-state index >= 15 is 0 Å². The van der Waals surface area contributed by atoms with Gasteiger partial charge >= 0.3 is 0 Å². The molecular formula is C11H11ClN2O2. The Hall–Kier alpha value is -1.60. The molecule has 1 aromatic carbocycles. The van der Waals surface area contributed by atoms with E-state index in [9.17, 15) is 10.1 Å². The fraction of sp³-hybridized carbons (Fsp3) is 0.364. The van der Waals surface area contributed by atoms with Crippen molar-refractivity contribution in [2.75, 3.05) is 0 Å². The second kappa shape index (κ2) is 4.95. The fourth-order valence-electron chi connectivity index (χ4n) is 1.52. The van der Waals surface area contributed by atoms with E-state index in [1.54, 1.807) is 0 Å². The highest BCUT2D eigenvalue weighted by Gasteiger charge is 2.24. The molecule has 1 atom stereocenters. The summed E-state index contributed by atoms with van der Waals surface area (Å²) >= 11 is 5.80. The van der Waals surface area contributed by atoms with Gasteiger partial charge in [0.05, 0.1) is 16.9 Å². The summed E-state index contributed by atoms with van der Waals surface area (Å²) in [5.74, 6) is -0.513. The monoisotopic (exact) mass is 238 g/mol. The maximum absolute atomic E-state index is 10.8. The predicted molar refractivity (Wildman–Crippen MR) is 61.3 cm³/mol. The molecule has 0 amide bonds. The number of nitro benzene ring substituents is 1. The molecule has 0 fully saturated rings. The molecule has 84 valence electrons. The number of nitrogens with zero attached hydrogens (tertiary/aromatic N) is 2. The van der Waals surface area contributed by atoms with Crippen molar-refractivity contribution in [2.45, 2.75) is 19.8 Å². The maximum Gasteiger partial charge on any atom is 0.274 e. The zero-order valence-electron chi connectivity index (χ0n) is 8.98. The van der Waals surface area contributed by atoms with E-state index in [0.717, 1.165) is 0 Å². The molecular weight excluding hydrogens is 228 g/mol. The first-order chi connectivity index (χ1) is 7.47. The summed E-state index contributed by atoms with van der Waals surface area (Å²) in [5, 5.41) is 20.3. The molecule has 0 aromatic heterocycles. The van der Waals surface area contributed by atoms with Gasteiger partial charge in [-0.15, -0.1) is 0 Å². The summed E-state index contributed by atoms with van der Waals surface area (Å²) in [6, 6.07) is 6.36. The fourth-order valence-corrected chi connectivity index (χ4v) is 1.70. The first kappa shape index (κ1) is 12.5. The molecule has 1 rings (SSSR count). The van der Waals surface area contributed by atoms with Gasteiger partial charge in [-0.1, -0.05) is 25.4 Å². The molecule has 0 saturated heterocycles. The average Bonchev–Trinajstić information content (AvgIpc) is 2.17. The van der Waals surface area contributed by atoms with Crippen LogP contribution in [0.1, 0.15) is 25.3 Å². The van der Waals surface area contributed by atoms with Crippen LogP contribution in [0.25, 0.3) is 0 Å². The summed E-state index contributed by atoms with van der Waals surface area (Å²) in [6.07, 6.45) is 0. The summed E-state index contributed by atoms with van der Waals surface area (Å²) in [6.45, 7) is 3.69. The highest BCUT2D eigenvalue weighted by atomic mass is 35.5. The van der Waals surface area contributed by atoms with Crippen molar-refractivity contribution >= 4 is 17.3 Å². The molecule has 0 aliphatic heterocycles. The highest BCUT2D eigenvalue weighted by molar-refractivity contribution is 6.30. The Morgan fingerprint density at radius 1 is 1.50 bits per heavy atom. The van der Waals surface area contributed by atoms with Crippen LogP contribution in [0.2, 0.25) is 5.02 Å². The van der Waals surface area contributed by atoms with E-state index in [-0.39, 0.29) is 11.6 Å².